The Morgan fingerprint density at radius 1 is 1.09 bits per heavy atom. The molecular formula is C25H19BrCl2N2O3S. The van der Waals surface area contributed by atoms with E-state index in [2.05, 4.69) is 20.9 Å². The highest BCUT2D eigenvalue weighted by atomic mass is 79.9. The summed E-state index contributed by atoms with van der Waals surface area (Å²) < 4.78 is 12.1. The minimum absolute atomic E-state index is 0.135. The van der Waals surface area contributed by atoms with Crippen LogP contribution in [0.15, 0.2) is 75.0 Å². The number of hydrogen-bond acceptors (Lipinski definition) is 5. The van der Waals surface area contributed by atoms with Crippen LogP contribution in [0.2, 0.25) is 10.0 Å². The van der Waals surface area contributed by atoms with E-state index in [1.54, 1.807) is 26.3 Å². The molecule has 5 nitrogen and oxygen atoms in total. The number of likely N-dealkylation sites (N-methyl/N-ethyl adjacent to an activating group) is 1. The Labute approximate surface area is 220 Å². The zero-order valence-corrected chi connectivity index (χ0v) is 22.1. The highest BCUT2D eigenvalue weighted by Gasteiger charge is 2.30. The van der Waals surface area contributed by atoms with Crippen molar-refractivity contribution in [3.63, 3.8) is 0 Å². The van der Waals surface area contributed by atoms with Gasteiger partial charge in [0.2, 0.25) is 0 Å². The molecule has 1 fully saturated rings. The minimum Gasteiger partial charge on any atom is -0.497 e. The van der Waals surface area contributed by atoms with Gasteiger partial charge in [-0.1, -0.05) is 45.2 Å². The van der Waals surface area contributed by atoms with Gasteiger partial charge >= 0.3 is 0 Å². The van der Waals surface area contributed by atoms with Crippen molar-refractivity contribution in [3.8, 4) is 11.5 Å². The third-order valence-electron chi connectivity index (χ3n) is 4.96. The lowest BCUT2D eigenvalue weighted by Gasteiger charge is -2.11. The van der Waals surface area contributed by atoms with Crippen LogP contribution < -0.4 is 9.47 Å². The number of ether oxygens (including phenoxy) is 2. The maximum atomic E-state index is 12.9. The third kappa shape index (κ3) is 5.78. The van der Waals surface area contributed by atoms with Crippen molar-refractivity contribution in [3.05, 3.63) is 91.2 Å². The maximum Gasteiger partial charge on any atom is 0.266 e. The fourth-order valence-electron chi connectivity index (χ4n) is 3.12. The molecule has 0 N–H and O–H groups in total. The molecule has 0 radical (unpaired) electrons. The van der Waals surface area contributed by atoms with E-state index < -0.39 is 0 Å². The molecule has 4 rings (SSSR count). The number of carbonyl (C=O) groups is 1. The molecule has 3 aromatic carbocycles. The molecule has 0 aromatic heterocycles. The lowest BCUT2D eigenvalue weighted by molar-refractivity contribution is -0.121. The number of nitrogens with zero attached hydrogens (tertiary/aromatic N) is 2. The minimum atomic E-state index is -0.135. The molecule has 1 heterocycles. The monoisotopic (exact) mass is 576 g/mol. The number of aliphatic imine (C=N–C) groups is 1. The van der Waals surface area contributed by atoms with Crippen LogP contribution in [0.4, 0.5) is 5.69 Å². The Balaban J connectivity index is 1.58. The van der Waals surface area contributed by atoms with Crippen LogP contribution in [0.25, 0.3) is 6.08 Å². The first-order chi connectivity index (χ1) is 16.3. The highest BCUT2D eigenvalue weighted by molar-refractivity contribution is 9.10. The van der Waals surface area contributed by atoms with Gasteiger partial charge in [-0.05, 0) is 72.4 Å². The van der Waals surface area contributed by atoms with E-state index in [9.17, 15) is 4.79 Å². The summed E-state index contributed by atoms with van der Waals surface area (Å²) in [6.07, 6.45) is 1.81. The number of rotatable bonds is 6. The van der Waals surface area contributed by atoms with Crippen LogP contribution in [0.5, 0.6) is 11.5 Å². The molecule has 0 spiro atoms. The van der Waals surface area contributed by atoms with Crippen LogP contribution in [0.3, 0.4) is 0 Å². The first kappa shape index (κ1) is 24.7. The molecule has 9 heteroatoms. The second kappa shape index (κ2) is 10.9. The van der Waals surface area contributed by atoms with Gasteiger partial charge < -0.3 is 9.47 Å². The summed E-state index contributed by atoms with van der Waals surface area (Å²) in [5.41, 5.74) is 2.30. The summed E-state index contributed by atoms with van der Waals surface area (Å²) in [6.45, 7) is 0.263. The number of thioether (sulfide) groups is 1. The van der Waals surface area contributed by atoms with Gasteiger partial charge in [0, 0.05) is 32.7 Å². The number of carbonyl (C=O) groups excluding carboxylic acids is 1. The summed E-state index contributed by atoms with van der Waals surface area (Å²) in [5, 5.41) is 1.69. The topological polar surface area (TPSA) is 51.1 Å². The summed E-state index contributed by atoms with van der Waals surface area (Å²) in [4.78, 5) is 19.6. The normalized spacial score (nSPS) is 15.9. The zero-order valence-electron chi connectivity index (χ0n) is 18.2. The average Bonchev–Trinajstić information content (AvgIpc) is 3.07. The fraction of sp³-hybridized carbons (Fsp3) is 0.120. The standard InChI is InChI=1S/C25H19BrCl2N2O3S/c1-30-24(31)23(34-25(30)29-19-6-8-20(32-2)9-7-19)12-16-11-17(26)4-10-22(16)33-14-15-3-5-18(27)13-21(15)28/h3-13H,14H2,1-2H3. The third-order valence-corrected chi connectivity index (χ3v) is 7.10. The highest BCUT2D eigenvalue weighted by Crippen LogP contribution is 2.36. The van der Waals surface area contributed by atoms with Crippen molar-refractivity contribution in [2.75, 3.05) is 14.2 Å². The predicted molar refractivity (Wildman–Crippen MR) is 143 cm³/mol. The molecule has 3 aromatic rings. The number of amidine groups is 1. The SMILES string of the molecule is COc1ccc(N=C2SC(=Cc3cc(Br)ccc3OCc3ccc(Cl)cc3Cl)C(=O)N2C)cc1. The molecule has 1 aliphatic rings. The second-order valence-corrected chi connectivity index (χ2v) is 10.0. The number of halogens is 3. The quantitative estimate of drug-likeness (QED) is 0.283. The molecule has 1 saturated heterocycles. The van der Waals surface area contributed by atoms with Crippen LogP contribution in [0, 0.1) is 0 Å². The van der Waals surface area contributed by atoms with E-state index in [-0.39, 0.29) is 12.5 Å². The Hall–Kier alpha value is -2.45. The summed E-state index contributed by atoms with van der Waals surface area (Å²) in [5.74, 6) is 1.23. The van der Waals surface area contributed by atoms with Crippen molar-refractivity contribution in [2.45, 2.75) is 6.61 Å². The lowest BCUT2D eigenvalue weighted by atomic mass is 10.1. The van der Waals surface area contributed by atoms with Crippen molar-refractivity contribution in [1.82, 2.24) is 4.90 Å². The molecule has 0 saturated carbocycles. The van der Waals surface area contributed by atoms with Gasteiger partial charge in [0.15, 0.2) is 5.17 Å². The Morgan fingerprint density at radius 2 is 1.85 bits per heavy atom. The molecule has 0 bridgehead atoms. The average molecular weight is 578 g/mol. The van der Waals surface area contributed by atoms with E-state index in [4.69, 9.17) is 32.7 Å². The number of hydrogen-bond donors (Lipinski definition) is 0. The lowest BCUT2D eigenvalue weighted by Crippen LogP contribution is -2.23. The molecule has 174 valence electrons. The first-order valence-corrected chi connectivity index (χ1v) is 12.5. The van der Waals surface area contributed by atoms with Crippen LogP contribution in [0.1, 0.15) is 11.1 Å². The second-order valence-electron chi connectivity index (χ2n) is 7.27. The van der Waals surface area contributed by atoms with Gasteiger partial charge in [-0.25, -0.2) is 4.99 Å². The van der Waals surface area contributed by atoms with Crippen molar-refractivity contribution in [2.24, 2.45) is 4.99 Å². The first-order valence-electron chi connectivity index (χ1n) is 10.1. The molecule has 0 unspecified atom stereocenters. The van der Waals surface area contributed by atoms with Crippen molar-refractivity contribution < 1.29 is 14.3 Å². The Morgan fingerprint density at radius 3 is 2.56 bits per heavy atom. The fourth-order valence-corrected chi connectivity index (χ4v) is 4.94. The van der Waals surface area contributed by atoms with Gasteiger partial charge in [0.1, 0.15) is 18.1 Å². The van der Waals surface area contributed by atoms with Crippen LogP contribution in [-0.2, 0) is 11.4 Å². The smallest absolute Gasteiger partial charge is 0.266 e. The van der Waals surface area contributed by atoms with Crippen LogP contribution in [-0.4, -0.2) is 30.1 Å². The molecule has 1 amide bonds. The van der Waals surface area contributed by atoms with Gasteiger partial charge in [-0.3, -0.25) is 9.69 Å². The van der Waals surface area contributed by atoms with E-state index in [1.165, 1.54) is 16.7 Å². The van der Waals surface area contributed by atoms with E-state index in [1.807, 2.05) is 54.6 Å². The van der Waals surface area contributed by atoms with E-state index in [0.717, 1.165) is 27.0 Å². The van der Waals surface area contributed by atoms with Crippen molar-refractivity contribution in [1.29, 1.82) is 0 Å². The maximum absolute atomic E-state index is 12.9. The van der Waals surface area contributed by atoms with Gasteiger partial charge in [-0.2, -0.15) is 0 Å². The molecular weight excluding hydrogens is 559 g/mol. The van der Waals surface area contributed by atoms with Crippen LogP contribution >= 0.6 is 50.9 Å². The van der Waals surface area contributed by atoms with Gasteiger partial charge in [-0.15, -0.1) is 0 Å². The van der Waals surface area contributed by atoms with Crippen molar-refractivity contribution >= 4 is 73.7 Å². The largest absolute Gasteiger partial charge is 0.497 e. The van der Waals surface area contributed by atoms with E-state index >= 15 is 0 Å². The molecule has 0 aliphatic carbocycles. The number of benzene rings is 3. The Kier molecular flexibility index (Phi) is 7.88. The molecule has 1 aliphatic heterocycles. The summed E-state index contributed by atoms with van der Waals surface area (Å²) in [7, 11) is 3.32. The molecule has 0 atom stereocenters. The molecule has 34 heavy (non-hydrogen) atoms. The van der Waals surface area contributed by atoms with Gasteiger partial charge in [0.05, 0.1) is 17.7 Å². The zero-order chi connectivity index (χ0) is 24.2. The Bertz CT molecular complexity index is 1300. The summed E-state index contributed by atoms with van der Waals surface area (Å²) >= 11 is 17.1. The number of methoxy groups -OCH3 is 1. The predicted octanol–water partition coefficient (Wildman–Crippen LogP) is 7.58. The van der Waals surface area contributed by atoms with E-state index in [0.29, 0.717) is 25.9 Å². The van der Waals surface area contributed by atoms with Gasteiger partial charge in [0.25, 0.3) is 5.91 Å². The summed E-state index contributed by atoms with van der Waals surface area (Å²) in [6, 6.07) is 18.2. The number of amides is 1.